The SMILES string of the molecule is CCc1c(C)nc(-c2cccc(C)c2)nc1N1CCN(C(=O)C(C)(C)CCl)CC1. The molecule has 0 spiro atoms. The van der Waals surface area contributed by atoms with Crippen LogP contribution < -0.4 is 4.90 Å². The van der Waals surface area contributed by atoms with Crippen molar-refractivity contribution in [3.63, 3.8) is 0 Å². The van der Waals surface area contributed by atoms with Crippen molar-refractivity contribution in [2.75, 3.05) is 37.0 Å². The van der Waals surface area contributed by atoms with E-state index in [1.165, 1.54) is 11.1 Å². The molecule has 1 aromatic heterocycles. The monoisotopic (exact) mass is 414 g/mol. The van der Waals surface area contributed by atoms with Gasteiger partial charge in [-0.2, -0.15) is 0 Å². The van der Waals surface area contributed by atoms with Gasteiger partial charge in [0.05, 0.1) is 5.41 Å². The number of alkyl halides is 1. The predicted octanol–water partition coefficient (Wildman–Crippen LogP) is 4.24. The number of anilines is 1. The highest BCUT2D eigenvalue weighted by molar-refractivity contribution is 6.19. The molecular formula is C23H31ClN4O. The van der Waals surface area contributed by atoms with Crippen LogP contribution in [0.2, 0.25) is 0 Å². The maximum Gasteiger partial charge on any atom is 0.229 e. The van der Waals surface area contributed by atoms with Gasteiger partial charge in [0.15, 0.2) is 5.82 Å². The van der Waals surface area contributed by atoms with Gasteiger partial charge in [-0.1, -0.05) is 30.7 Å². The minimum Gasteiger partial charge on any atom is -0.353 e. The Hall–Kier alpha value is -2.14. The summed E-state index contributed by atoms with van der Waals surface area (Å²) in [6.07, 6.45) is 0.883. The van der Waals surface area contributed by atoms with Crippen LogP contribution in [0.25, 0.3) is 11.4 Å². The second-order valence-electron chi connectivity index (χ2n) is 8.45. The zero-order valence-corrected chi connectivity index (χ0v) is 18.9. The average Bonchev–Trinajstić information content (AvgIpc) is 2.72. The molecule has 6 heteroatoms. The van der Waals surface area contributed by atoms with Gasteiger partial charge in [0.2, 0.25) is 5.91 Å². The third kappa shape index (κ3) is 4.55. The summed E-state index contributed by atoms with van der Waals surface area (Å²) in [5, 5.41) is 0. The van der Waals surface area contributed by atoms with E-state index in [-0.39, 0.29) is 5.91 Å². The summed E-state index contributed by atoms with van der Waals surface area (Å²) in [6, 6.07) is 8.30. The molecule has 1 amide bonds. The normalized spacial score (nSPS) is 15.0. The Kier molecular flexibility index (Phi) is 6.47. The molecule has 1 aliphatic rings. The van der Waals surface area contributed by atoms with E-state index in [2.05, 4.69) is 43.9 Å². The number of halogens is 1. The van der Waals surface area contributed by atoms with E-state index >= 15 is 0 Å². The van der Waals surface area contributed by atoms with Crippen molar-refractivity contribution >= 4 is 23.3 Å². The Morgan fingerprint density at radius 2 is 1.83 bits per heavy atom. The molecule has 0 N–H and O–H groups in total. The summed E-state index contributed by atoms with van der Waals surface area (Å²) in [5.41, 5.74) is 3.91. The van der Waals surface area contributed by atoms with Crippen LogP contribution in [-0.2, 0) is 11.2 Å². The zero-order valence-electron chi connectivity index (χ0n) is 18.1. The fourth-order valence-corrected chi connectivity index (χ4v) is 3.89. The topological polar surface area (TPSA) is 49.3 Å². The van der Waals surface area contributed by atoms with Crippen LogP contribution in [0.5, 0.6) is 0 Å². The number of piperazine rings is 1. The first kappa shape index (κ1) is 21.6. The van der Waals surface area contributed by atoms with E-state index in [0.717, 1.165) is 42.4 Å². The van der Waals surface area contributed by atoms with Gasteiger partial charge in [0, 0.05) is 48.9 Å². The van der Waals surface area contributed by atoms with E-state index in [4.69, 9.17) is 21.6 Å². The number of aromatic nitrogens is 2. The quantitative estimate of drug-likeness (QED) is 0.686. The van der Waals surface area contributed by atoms with Crippen LogP contribution in [0, 0.1) is 19.3 Å². The average molecular weight is 415 g/mol. The first-order valence-corrected chi connectivity index (χ1v) is 10.8. The first-order valence-electron chi connectivity index (χ1n) is 10.3. The third-order valence-electron chi connectivity index (χ3n) is 5.60. The molecule has 0 unspecified atom stereocenters. The van der Waals surface area contributed by atoms with Crippen molar-refractivity contribution in [3.05, 3.63) is 41.1 Å². The second-order valence-corrected chi connectivity index (χ2v) is 8.72. The molecule has 3 rings (SSSR count). The zero-order chi connectivity index (χ0) is 21.2. The summed E-state index contributed by atoms with van der Waals surface area (Å²) >= 11 is 6.00. The Balaban J connectivity index is 1.86. The van der Waals surface area contributed by atoms with Gasteiger partial charge in [-0.25, -0.2) is 9.97 Å². The van der Waals surface area contributed by atoms with Gasteiger partial charge in [-0.3, -0.25) is 4.79 Å². The van der Waals surface area contributed by atoms with Gasteiger partial charge in [-0.15, -0.1) is 11.6 Å². The lowest BCUT2D eigenvalue weighted by atomic mass is 9.94. The van der Waals surface area contributed by atoms with Crippen LogP contribution in [0.4, 0.5) is 5.82 Å². The Morgan fingerprint density at radius 1 is 1.14 bits per heavy atom. The molecule has 0 radical (unpaired) electrons. The van der Waals surface area contributed by atoms with Crippen molar-refractivity contribution in [2.24, 2.45) is 5.41 Å². The van der Waals surface area contributed by atoms with Crippen LogP contribution >= 0.6 is 11.6 Å². The summed E-state index contributed by atoms with van der Waals surface area (Å²) in [7, 11) is 0. The van der Waals surface area contributed by atoms with Gasteiger partial charge in [0.1, 0.15) is 5.82 Å². The number of benzene rings is 1. The molecule has 1 fully saturated rings. The predicted molar refractivity (Wildman–Crippen MR) is 120 cm³/mol. The summed E-state index contributed by atoms with van der Waals surface area (Å²) in [6.45, 7) is 13.0. The maximum atomic E-state index is 12.7. The molecule has 1 aliphatic heterocycles. The van der Waals surface area contributed by atoms with Crippen LogP contribution in [0.3, 0.4) is 0 Å². The van der Waals surface area contributed by atoms with Crippen LogP contribution in [0.1, 0.15) is 37.6 Å². The lowest BCUT2D eigenvalue weighted by molar-refractivity contribution is -0.139. The highest BCUT2D eigenvalue weighted by Crippen LogP contribution is 2.28. The second kappa shape index (κ2) is 8.70. The van der Waals surface area contributed by atoms with Crippen molar-refractivity contribution in [1.82, 2.24) is 14.9 Å². The summed E-state index contributed by atoms with van der Waals surface area (Å²) < 4.78 is 0. The van der Waals surface area contributed by atoms with Crippen LogP contribution in [-0.4, -0.2) is 52.8 Å². The molecule has 0 atom stereocenters. The third-order valence-corrected chi connectivity index (χ3v) is 6.27. The van der Waals surface area contributed by atoms with Gasteiger partial charge in [-0.05, 0) is 40.2 Å². The number of hydrogen-bond donors (Lipinski definition) is 0. The number of carbonyl (C=O) groups is 1. The molecule has 1 saturated heterocycles. The Labute approximate surface area is 179 Å². The largest absolute Gasteiger partial charge is 0.353 e. The molecule has 0 bridgehead atoms. The number of hydrogen-bond acceptors (Lipinski definition) is 4. The standard InChI is InChI=1S/C23H31ClN4O/c1-6-19-17(3)25-20(18-9-7-8-16(2)14-18)26-21(19)27-10-12-28(13-11-27)22(29)23(4,5)15-24/h7-9,14H,6,10-13,15H2,1-5H3. The number of carbonyl (C=O) groups excluding carboxylic acids is 1. The van der Waals surface area contributed by atoms with Crippen molar-refractivity contribution < 1.29 is 4.79 Å². The molecule has 29 heavy (non-hydrogen) atoms. The number of amides is 1. The molecule has 5 nitrogen and oxygen atoms in total. The van der Waals surface area contributed by atoms with E-state index in [1.807, 2.05) is 24.8 Å². The fourth-order valence-electron chi connectivity index (χ4n) is 3.78. The molecule has 0 aliphatic carbocycles. The molecule has 156 valence electrons. The van der Waals surface area contributed by atoms with E-state index in [1.54, 1.807) is 0 Å². The lowest BCUT2D eigenvalue weighted by Crippen LogP contribution is -2.53. The maximum absolute atomic E-state index is 12.7. The highest BCUT2D eigenvalue weighted by Gasteiger charge is 2.33. The molecule has 2 heterocycles. The van der Waals surface area contributed by atoms with E-state index in [9.17, 15) is 4.79 Å². The smallest absolute Gasteiger partial charge is 0.229 e. The van der Waals surface area contributed by atoms with Crippen molar-refractivity contribution in [1.29, 1.82) is 0 Å². The molecular weight excluding hydrogens is 384 g/mol. The summed E-state index contributed by atoms with van der Waals surface area (Å²) in [4.78, 5) is 26.7. The summed E-state index contributed by atoms with van der Waals surface area (Å²) in [5.74, 6) is 2.22. The number of aryl methyl sites for hydroxylation is 2. The first-order chi connectivity index (χ1) is 13.8. The molecule has 0 saturated carbocycles. The Morgan fingerprint density at radius 3 is 2.41 bits per heavy atom. The van der Waals surface area contributed by atoms with Gasteiger partial charge in [0.25, 0.3) is 0 Å². The highest BCUT2D eigenvalue weighted by atomic mass is 35.5. The molecule has 2 aromatic rings. The van der Waals surface area contributed by atoms with E-state index in [0.29, 0.717) is 19.0 Å². The minimum absolute atomic E-state index is 0.127. The van der Waals surface area contributed by atoms with Gasteiger partial charge >= 0.3 is 0 Å². The Bertz CT molecular complexity index is 888. The van der Waals surface area contributed by atoms with Gasteiger partial charge < -0.3 is 9.80 Å². The van der Waals surface area contributed by atoms with Crippen LogP contribution in [0.15, 0.2) is 24.3 Å². The lowest BCUT2D eigenvalue weighted by Gasteiger charge is -2.39. The number of rotatable bonds is 5. The van der Waals surface area contributed by atoms with E-state index < -0.39 is 5.41 Å². The van der Waals surface area contributed by atoms with Crippen molar-refractivity contribution in [3.8, 4) is 11.4 Å². The number of nitrogens with zero attached hydrogens (tertiary/aromatic N) is 4. The minimum atomic E-state index is -0.526. The fraction of sp³-hybridized carbons (Fsp3) is 0.522. The van der Waals surface area contributed by atoms with Crippen molar-refractivity contribution in [2.45, 2.75) is 41.0 Å². The molecule has 1 aromatic carbocycles.